The first-order chi connectivity index (χ1) is 12.4. The summed E-state index contributed by atoms with van der Waals surface area (Å²) in [5.74, 6) is 1.46. The van der Waals surface area contributed by atoms with Crippen molar-refractivity contribution in [1.82, 2.24) is 9.80 Å². The SMILES string of the molecule is CS(=O)(=O)c1ccc(C(=O)N2C[C@H]3CC[C@@H](C2)N(CC2CCC2)C3)cc1. The van der Waals surface area contributed by atoms with E-state index < -0.39 is 9.84 Å². The molecule has 0 radical (unpaired) electrons. The zero-order valence-corrected chi connectivity index (χ0v) is 16.2. The molecule has 6 heteroatoms. The second-order valence-corrected chi connectivity index (χ2v) is 10.4. The number of nitrogens with zero attached hydrogens (tertiary/aromatic N) is 2. The molecule has 0 unspecified atom stereocenters. The highest BCUT2D eigenvalue weighted by Gasteiger charge is 2.37. The molecule has 4 aliphatic rings. The maximum absolute atomic E-state index is 13.0. The largest absolute Gasteiger partial charge is 0.337 e. The van der Waals surface area contributed by atoms with Gasteiger partial charge in [0, 0.05) is 44.0 Å². The number of carbonyl (C=O) groups is 1. The van der Waals surface area contributed by atoms with Crippen LogP contribution in [0.5, 0.6) is 0 Å². The molecule has 1 amide bonds. The summed E-state index contributed by atoms with van der Waals surface area (Å²) in [7, 11) is -3.23. The van der Waals surface area contributed by atoms with Crippen LogP contribution in [0.15, 0.2) is 29.2 Å². The topological polar surface area (TPSA) is 57.7 Å². The monoisotopic (exact) mass is 376 g/mol. The molecule has 3 saturated heterocycles. The highest BCUT2D eigenvalue weighted by molar-refractivity contribution is 7.90. The first kappa shape index (κ1) is 18.0. The maximum atomic E-state index is 13.0. The molecule has 1 aromatic carbocycles. The van der Waals surface area contributed by atoms with Crippen LogP contribution < -0.4 is 0 Å². The van der Waals surface area contributed by atoms with Gasteiger partial charge in [-0.1, -0.05) is 6.42 Å². The Hall–Kier alpha value is -1.40. The summed E-state index contributed by atoms with van der Waals surface area (Å²) >= 11 is 0. The second-order valence-electron chi connectivity index (χ2n) is 8.35. The number of benzene rings is 1. The average Bonchev–Trinajstić information content (AvgIpc) is 2.88. The van der Waals surface area contributed by atoms with E-state index in [1.165, 1.54) is 57.0 Å². The van der Waals surface area contributed by atoms with Gasteiger partial charge in [0.2, 0.25) is 0 Å². The van der Waals surface area contributed by atoms with E-state index in [1.54, 1.807) is 12.1 Å². The summed E-state index contributed by atoms with van der Waals surface area (Å²) in [4.78, 5) is 17.9. The van der Waals surface area contributed by atoms with Crippen molar-refractivity contribution in [2.45, 2.75) is 43.0 Å². The predicted octanol–water partition coefficient (Wildman–Crippen LogP) is 2.43. The molecule has 2 atom stereocenters. The molecule has 1 aliphatic carbocycles. The fraction of sp³-hybridized carbons (Fsp3) is 0.650. The zero-order valence-electron chi connectivity index (χ0n) is 15.4. The van der Waals surface area contributed by atoms with Crippen LogP contribution in [0.1, 0.15) is 42.5 Å². The van der Waals surface area contributed by atoms with Crippen LogP contribution in [0.3, 0.4) is 0 Å². The van der Waals surface area contributed by atoms with Crippen molar-refractivity contribution in [2.75, 3.05) is 32.4 Å². The lowest BCUT2D eigenvalue weighted by Crippen LogP contribution is -2.47. The van der Waals surface area contributed by atoms with E-state index in [0.717, 1.165) is 25.6 Å². The van der Waals surface area contributed by atoms with Crippen LogP contribution in [-0.4, -0.2) is 62.6 Å². The molecular weight excluding hydrogens is 348 g/mol. The van der Waals surface area contributed by atoms with Crippen molar-refractivity contribution in [2.24, 2.45) is 11.8 Å². The van der Waals surface area contributed by atoms with E-state index in [1.807, 2.05) is 4.90 Å². The van der Waals surface area contributed by atoms with Gasteiger partial charge in [-0.15, -0.1) is 0 Å². The molecule has 3 heterocycles. The molecule has 2 bridgehead atoms. The van der Waals surface area contributed by atoms with Gasteiger partial charge in [0.1, 0.15) is 0 Å². The van der Waals surface area contributed by atoms with Crippen LogP contribution in [0, 0.1) is 11.8 Å². The van der Waals surface area contributed by atoms with E-state index in [2.05, 4.69) is 4.90 Å². The third-order valence-corrected chi connectivity index (χ3v) is 7.49. The summed E-state index contributed by atoms with van der Waals surface area (Å²) in [6.45, 7) is 3.95. The third kappa shape index (κ3) is 3.67. The minimum Gasteiger partial charge on any atom is -0.337 e. The van der Waals surface area contributed by atoms with E-state index in [4.69, 9.17) is 0 Å². The molecule has 1 saturated carbocycles. The molecule has 5 nitrogen and oxygen atoms in total. The van der Waals surface area contributed by atoms with Crippen molar-refractivity contribution < 1.29 is 13.2 Å². The zero-order chi connectivity index (χ0) is 18.3. The predicted molar refractivity (Wildman–Crippen MR) is 101 cm³/mol. The van der Waals surface area contributed by atoms with E-state index in [0.29, 0.717) is 17.5 Å². The Bertz CT molecular complexity index is 771. The number of hydrogen-bond donors (Lipinski definition) is 0. The van der Waals surface area contributed by atoms with Gasteiger partial charge in [0.15, 0.2) is 9.84 Å². The molecule has 0 aromatic heterocycles. The highest BCUT2D eigenvalue weighted by Crippen LogP contribution is 2.33. The van der Waals surface area contributed by atoms with Gasteiger partial charge in [-0.2, -0.15) is 0 Å². The van der Waals surface area contributed by atoms with Crippen LogP contribution in [0.25, 0.3) is 0 Å². The molecule has 3 aliphatic heterocycles. The Morgan fingerprint density at radius 2 is 1.77 bits per heavy atom. The lowest BCUT2D eigenvalue weighted by Gasteiger charge is -2.40. The van der Waals surface area contributed by atoms with Crippen molar-refractivity contribution in [1.29, 1.82) is 0 Å². The Kier molecular flexibility index (Phi) is 4.82. The third-order valence-electron chi connectivity index (χ3n) is 6.36. The second kappa shape index (κ2) is 6.97. The summed E-state index contributed by atoms with van der Waals surface area (Å²) < 4.78 is 23.2. The van der Waals surface area contributed by atoms with Gasteiger partial charge in [0.05, 0.1) is 4.90 Å². The molecular formula is C20H28N2O3S. The van der Waals surface area contributed by atoms with Gasteiger partial charge in [-0.05, 0) is 61.8 Å². The Morgan fingerprint density at radius 1 is 1.04 bits per heavy atom. The molecule has 142 valence electrons. The van der Waals surface area contributed by atoms with Crippen molar-refractivity contribution in [3.8, 4) is 0 Å². The van der Waals surface area contributed by atoms with Crippen molar-refractivity contribution >= 4 is 15.7 Å². The van der Waals surface area contributed by atoms with Gasteiger partial charge in [-0.3, -0.25) is 9.69 Å². The number of carbonyl (C=O) groups excluding carboxylic acids is 1. The summed E-state index contributed by atoms with van der Waals surface area (Å²) in [5.41, 5.74) is 0.587. The quantitative estimate of drug-likeness (QED) is 0.810. The van der Waals surface area contributed by atoms with Crippen LogP contribution >= 0.6 is 0 Å². The lowest BCUT2D eigenvalue weighted by molar-refractivity contribution is 0.0717. The van der Waals surface area contributed by atoms with Crippen LogP contribution in [0.4, 0.5) is 0 Å². The number of sulfone groups is 1. The Labute approximate surface area is 156 Å². The molecule has 4 fully saturated rings. The van der Waals surface area contributed by atoms with E-state index in [9.17, 15) is 13.2 Å². The number of hydrogen-bond acceptors (Lipinski definition) is 4. The minimum absolute atomic E-state index is 0.0347. The van der Waals surface area contributed by atoms with Crippen molar-refractivity contribution in [3.63, 3.8) is 0 Å². The maximum Gasteiger partial charge on any atom is 0.253 e. The molecule has 0 spiro atoms. The molecule has 1 aromatic rings. The van der Waals surface area contributed by atoms with Gasteiger partial charge < -0.3 is 4.90 Å². The van der Waals surface area contributed by atoms with Crippen LogP contribution in [-0.2, 0) is 9.84 Å². The lowest BCUT2D eigenvalue weighted by atomic mass is 9.83. The van der Waals surface area contributed by atoms with Gasteiger partial charge >= 0.3 is 0 Å². The minimum atomic E-state index is -3.23. The fourth-order valence-electron chi connectivity index (χ4n) is 4.60. The molecule has 5 rings (SSSR count). The van der Waals surface area contributed by atoms with Gasteiger partial charge in [0.25, 0.3) is 5.91 Å². The standard InChI is InChI=1S/C20H28N2O3S/c1-26(24,25)19-9-6-17(7-10-19)20(23)22-13-16-5-8-18(14-22)21(12-16)11-15-3-2-4-15/h6-7,9-10,15-16,18H,2-5,8,11-14H2,1H3/t16-,18-/m0/s1. The van der Waals surface area contributed by atoms with E-state index in [-0.39, 0.29) is 10.8 Å². The number of amides is 1. The first-order valence-electron chi connectivity index (χ1n) is 9.73. The Morgan fingerprint density at radius 3 is 2.38 bits per heavy atom. The smallest absolute Gasteiger partial charge is 0.253 e. The molecule has 26 heavy (non-hydrogen) atoms. The number of rotatable bonds is 4. The first-order valence-corrected chi connectivity index (χ1v) is 11.6. The van der Waals surface area contributed by atoms with Crippen LogP contribution in [0.2, 0.25) is 0 Å². The Balaban J connectivity index is 1.46. The fourth-order valence-corrected chi connectivity index (χ4v) is 5.23. The van der Waals surface area contributed by atoms with Crippen molar-refractivity contribution in [3.05, 3.63) is 29.8 Å². The van der Waals surface area contributed by atoms with E-state index >= 15 is 0 Å². The average molecular weight is 377 g/mol. The highest BCUT2D eigenvalue weighted by atomic mass is 32.2. The molecule has 0 N–H and O–H groups in total. The summed E-state index contributed by atoms with van der Waals surface area (Å²) in [5, 5.41) is 0. The number of piperidine rings is 1. The summed E-state index contributed by atoms with van der Waals surface area (Å²) in [6, 6.07) is 6.86. The number of fused-ring (bicyclic) bond motifs is 4. The summed E-state index contributed by atoms with van der Waals surface area (Å²) in [6.07, 6.45) is 7.69. The van der Waals surface area contributed by atoms with Gasteiger partial charge in [-0.25, -0.2) is 8.42 Å². The normalized spacial score (nSPS) is 27.2.